The number of benzene rings is 2. The Labute approximate surface area is 219 Å². The minimum absolute atomic E-state index is 0.00933. The molecule has 1 aliphatic carbocycles. The van der Waals surface area contributed by atoms with Gasteiger partial charge in [0.15, 0.2) is 0 Å². The van der Waals surface area contributed by atoms with Gasteiger partial charge >= 0.3 is 0 Å². The third-order valence-corrected chi connectivity index (χ3v) is 7.13. The van der Waals surface area contributed by atoms with Crippen molar-refractivity contribution in [3.63, 3.8) is 0 Å². The lowest BCUT2D eigenvalue weighted by Gasteiger charge is -2.33. The fourth-order valence-corrected chi connectivity index (χ4v) is 5.07. The van der Waals surface area contributed by atoms with E-state index in [2.05, 4.69) is 22.6 Å². The predicted octanol–water partition coefficient (Wildman–Crippen LogP) is 4.44. The van der Waals surface area contributed by atoms with Crippen LogP contribution in [0.25, 0.3) is 11.0 Å². The number of hydrogen-bond acceptors (Lipinski definition) is 5. The van der Waals surface area contributed by atoms with Crippen LogP contribution in [0.5, 0.6) is 0 Å². The topological polar surface area (TPSA) is 89.3 Å². The number of hydrogen-bond donors (Lipinski definition) is 1. The third kappa shape index (κ3) is 6.95. The number of aromatic nitrogens is 3. The quantitative estimate of drug-likeness (QED) is 0.368. The van der Waals surface area contributed by atoms with Crippen LogP contribution in [-0.2, 0) is 27.3 Å². The molecule has 1 aliphatic rings. The fraction of sp³-hybridized carbons (Fsp3) is 0.517. The Kier molecular flexibility index (Phi) is 9.65. The molecule has 0 radical (unpaired) electrons. The normalized spacial score (nSPS) is 15.0. The maximum Gasteiger partial charge on any atom is 0.247 e. The van der Waals surface area contributed by atoms with Crippen molar-refractivity contribution in [3.05, 3.63) is 59.7 Å². The second kappa shape index (κ2) is 13.3. The Morgan fingerprint density at radius 2 is 1.84 bits per heavy atom. The van der Waals surface area contributed by atoms with Crippen LogP contribution in [0.1, 0.15) is 69.5 Å². The molecule has 8 heteroatoms. The number of fused-ring (bicyclic) bond motifs is 1. The zero-order valence-electron chi connectivity index (χ0n) is 22.1. The molecule has 2 aromatic carbocycles. The number of carbonyl (C=O) groups is 2. The van der Waals surface area contributed by atoms with Crippen LogP contribution in [0.3, 0.4) is 0 Å². The number of amides is 2. The molecule has 0 aliphatic heterocycles. The first-order valence-electron chi connectivity index (χ1n) is 13.6. The molecule has 3 aromatic rings. The number of ether oxygens (including phenoxy) is 1. The highest BCUT2D eigenvalue weighted by atomic mass is 16.5. The van der Waals surface area contributed by atoms with Gasteiger partial charge in [0.1, 0.15) is 18.1 Å². The molecular formula is C29H39N5O3. The molecule has 198 valence electrons. The molecule has 4 rings (SSSR count). The molecule has 0 bridgehead atoms. The van der Waals surface area contributed by atoms with Gasteiger partial charge in [0.05, 0.1) is 5.52 Å². The summed E-state index contributed by atoms with van der Waals surface area (Å²) in [7, 11) is 0. The standard InChI is InChI=1S/C29H39N5O3/c1-3-22-15-17-23(18-16-22)28(29(36)30-24-11-6-5-7-12-24)33(19-10-20-37-4-2)27(35)21-34-26-14-9-8-13-25(26)31-32-34/h8-9,13-18,24,28H,3-7,10-12,19-21H2,1-2H3,(H,30,36)/t28-/m0/s1. The zero-order valence-corrected chi connectivity index (χ0v) is 22.1. The van der Waals surface area contributed by atoms with Gasteiger partial charge in [0.2, 0.25) is 11.8 Å². The van der Waals surface area contributed by atoms with Gasteiger partial charge in [-0.05, 0) is 55.9 Å². The molecular weight excluding hydrogens is 466 g/mol. The van der Waals surface area contributed by atoms with Gasteiger partial charge in [-0.15, -0.1) is 5.10 Å². The lowest BCUT2D eigenvalue weighted by molar-refractivity contribution is -0.142. The van der Waals surface area contributed by atoms with Gasteiger partial charge in [-0.25, -0.2) is 4.68 Å². The fourth-order valence-electron chi connectivity index (χ4n) is 5.07. The summed E-state index contributed by atoms with van der Waals surface area (Å²) in [4.78, 5) is 29.4. The minimum atomic E-state index is -0.725. The van der Waals surface area contributed by atoms with Gasteiger partial charge < -0.3 is 15.0 Å². The first kappa shape index (κ1) is 26.8. The van der Waals surface area contributed by atoms with E-state index in [0.29, 0.717) is 26.2 Å². The Balaban J connectivity index is 1.64. The van der Waals surface area contributed by atoms with Gasteiger partial charge in [0, 0.05) is 25.8 Å². The van der Waals surface area contributed by atoms with Crippen LogP contribution < -0.4 is 5.32 Å². The van der Waals surface area contributed by atoms with Crippen molar-refractivity contribution >= 4 is 22.8 Å². The zero-order chi connectivity index (χ0) is 26.0. The van der Waals surface area contributed by atoms with E-state index in [9.17, 15) is 9.59 Å². The summed E-state index contributed by atoms with van der Waals surface area (Å²) in [5, 5.41) is 11.7. The first-order valence-corrected chi connectivity index (χ1v) is 13.6. The van der Waals surface area contributed by atoms with Crippen molar-refractivity contribution in [1.29, 1.82) is 0 Å². The maximum atomic E-state index is 13.9. The van der Waals surface area contributed by atoms with Gasteiger partial charge in [-0.3, -0.25) is 9.59 Å². The Hall–Kier alpha value is -3.26. The monoisotopic (exact) mass is 505 g/mol. The molecule has 1 fully saturated rings. The maximum absolute atomic E-state index is 13.9. The number of para-hydroxylation sites is 1. The number of nitrogens with one attached hydrogen (secondary N) is 1. The van der Waals surface area contributed by atoms with Gasteiger partial charge in [-0.2, -0.15) is 0 Å². The molecule has 1 heterocycles. The van der Waals surface area contributed by atoms with E-state index in [-0.39, 0.29) is 24.4 Å². The molecule has 0 saturated heterocycles. The van der Waals surface area contributed by atoms with Crippen LogP contribution in [-0.4, -0.2) is 57.5 Å². The van der Waals surface area contributed by atoms with E-state index < -0.39 is 6.04 Å². The average molecular weight is 506 g/mol. The van der Waals surface area contributed by atoms with Crippen molar-refractivity contribution in [1.82, 2.24) is 25.2 Å². The van der Waals surface area contributed by atoms with Crippen LogP contribution in [0, 0.1) is 0 Å². The first-order chi connectivity index (χ1) is 18.1. The third-order valence-electron chi connectivity index (χ3n) is 7.13. The van der Waals surface area contributed by atoms with Crippen molar-refractivity contribution in [3.8, 4) is 0 Å². The molecule has 8 nitrogen and oxygen atoms in total. The average Bonchev–Trinajstić information content (AvgIpc) is 3.33. The molecule has 37 heavy (non-hydrogen) atoms. The highest BCUT2D eigenvalue weighted by Gasteiger charge is 2.33. The molecule has 1 aromatic heterocycles. The lowest BCUT2D eigenvalue weighted by atomic mass is 9.94. The van der Waals surface area contributed by atoms with Gasteiger partial charge in [0.25, 0.3) is 0 Å². The summed E-state index contributed by atoms with van der Waals surface area (Å²) < 4.78 is 7.17. The summed E-state index contributed by atoms with van der Waals surface area (Å²) in [5.74, 6) is -0.292. The van der Waals surface area contributed by atoms with E-state index in [1.807, 2.05) is 55.5 Å². The lowest BCUT2D eigenvalue weighted by Crippen LogP contribution is -2.48. The van der Waals surface area contributed by atoms with E-state index >= 15 is 0 Å². The van der Waals surface area contributed by atoms with Crippen LogP contribution in [0.15, 0.2) is 48.5 Å². The second-order valence-electron chi connectivity index (χ2n) is 9.71. The number of nitrogens with zero attached hydrogens (tertiary/aromatic N) is 4. The second-order valence-corrected chi connectivity index (χ2v) is 9.71. The number of aryl methyl sites for hydroxylation is 1. The minimum Gasteiger partial charge on any atom is -0.382 e. The van der Waals surface area contributed by atoms with Crippen molar-refractivity contribution in [2.75, 3.05) is 19.8 Å². The van der Waals surface area contributed by atoms with Crippen LogP contribution in [0.4, 0.5) is 0 Å². The smallest absolute Gasteiger partial charge is 0.247 e. The van der Waals surface area contributed by atoms with Crippen molar-refractivity contribution < 1.29 is 14.3 Å². The van der Waals surface area contributed by atoms with Crippen molar-refractivity contribution in [2.24, 2.45) is 0 Å². The molecule has 1 saturated carbocycles. The molecule has 0 unspecified atom stereocenters. The van der Waals surface area contributed by atoms with Crippen LogP contribution >= 0.6 is 0 Å². The summed E-state index contributed by atoms with van der Waals surface area (Å²) in [6.07, 6.45) is 6.97. The molecule has 1 atom stereocenters. The Morgan fingerprint density at radius 1 is 1.08 bits per heavy atom. The number of rotatable bonds is 12. The Bertz CT molecular complexity index is 1150. The summed E-state index contributed by atoms with van der Waals surface area (Å²) in [6.45, 7) is 5.61. The largest absolute Gasteiger partial charge is 0.382 e. The van der Waals surface area contributed by atoms with E-state index in [0.717, 1.165) is 48.7 Å². The van der Waals surface area contributed by atoms with E-state index in [4.69, 9.17) is 4.74 Å². The summed E-state index contributed by atoms with van der Waals surface area (Å²) >= 11 is 0. The highest BCUT2D eigenvalue weighted by molar-refractivity contribution is 5.89. The van der Waals surface area contributed by atoms with Crippen LogP contribution in [0.2, 0.25) is 0 Å². The Morgan fingerprint density at radius 3 is 2.57 bits per heavy atom. The summed E-state index contributed by atoms with van der Waals surface area (Å²) in [5.41, 5.74) is 3.54. The van der Waals surface area contributed by atoms with Crippen molar-refractivity contribution in [2.45, 2.75) is 77.4 Å². The molecule has 2 amide bonds. The SMILES string of the molecule is CCOCCCN(C(=O)Cn1nnc2ccccc21)[C@H](C(=O)NC1CCCCC1)c1ccc(CC)cc1. The highest BCUT2D eigenvalue weighted by Crippen LogP contribution is 2.26. The van der Waals surface area contributed by atoms with Gasteiger partial charge in [-0.1, -0.05) is 67.8 Å². The van der Waals surface area contributed by atoms with E-state index in [1.54, 1.807) is 9.58 Å². The number of carbonyl (C=O) groups excluding carboxylic acids is 2. The molecule has 0 spiro atoms. The molecule has 1 N–H and O–H groups in total. The summed E-state index contributed by atoms with van der Waals surface area (Å²) in [6, 6.07) is 15.1. The van der Waals surface area contributed by atoms with E-state index in [1.165, 1.54) is 12.0 Å². The predicted molar refractivity (Wildman–Crippen MR) is 144 cm³/mol.